The second-order valence-electron chi connectivity index (χ2n) is 10.4. The van der Waals surface area contributed by atoms with Crippen LogP contribution in [0.4, 0.5) is 0 Å². The number of hydrogen-bond donors (Lipinski definition) is 0. The van der Waals surface area contributed by atoms with Gasteiger partial charge in [0.05, 0.1) is 23.4 Å². The van der Waals surface area contributed by atoms with Crippen molar-refractivity contribution in [3.05, 3.63) is 116 Å². The van der Waals surface area contributed by atoms with Crippen molar-refractivity contribution in [2.75, 3.05) is 13.2 Å². The zero-order chi connectivity index (χ0) is 30.5. The molecule has 222 valence electrons. The van der Waals surface area contributed by atoms with Gasteiger partial charge in [0.25, 0.3) is 5.56 Å². The summed E-state index contributed by atoms with van der Waals surface area (Å²) < 4.78 is 15.2. The van der Waals surface area contributed by atoms with E-state index in [1.54, 1.807) is 0 Å². The van der Waals surface area contributed by atoms with Gasteiger partial charge in [0, 0.05) is 17.3 Å². The number of hydrogen-bond acceptors (Lipinski definition) is 7. The molecule has 9 heteroatoms. The number of aromatic nitrogens is 5. The monoisotopic (exact) mass is 603 g/mol. The summed E-state index contributed by atoms with van der Waals surface area (Å²) in [4.78, 5) is 18.6. The molecule has 6 rings (SSSR count). The number of aryl methyl sites for hydroxylation is 1. The van der Waals surface area contributed by atoms with Gasteiger partial charge < -0.3 is 9.47 Å². The minimum absolute atomic E-state index is 0.215. The molecule has 3 heterocycles. The molecule has 0 bridgehead atoms. The highest BCUT2D eigenvalue weighted by Crippen LogP contribution is 2.30. The third-order valence-corrected chi connectivity index (χ3v) is 7.91. The lowest BCUT2D eigenvalue weighted by Gasteiger charge is -2.09. The number of nitrogens with zero attached hydrogens (tertiary/aromatic N) is 5. The first-order valence-corrected chi connectivity index (χ1v) is 15.5. The lowest BCUT2D eigenvalue weighted by molar-refractivity contribution is 0.317. The molecule has 6 aromatic rings. The second kappa shape index (κ2) is 13.1. The van der Waals surface area contributed by atoms with Crippen molar-refractivity contribution in [1.29, 1.82) is 0 Å². The van der Waals surface area contributed by atoms with Crippen LogP contribution in [0.1, 0.15) is 49.2 Å². The third-order valence-electron chi connectivity index (χ3n) is 6.95. The minimum atomic E-state index is -0.215. The first-order chi connectivity index (χ1) is 21.5. The van der Waals surface area contributed by atoms with Crippen LogP contribution in [0.25, 0.3) is 40.1 Å². The van der Waals surface area contributed by atoms with Crippen LogP contribution in [0, 0.1) is 6.92 Å². The van der Waals surface area contributed by atoms with Crippen molar-refractivity contribution >= 4 is 34.5 Å². The maximum atomic E-state index is 13.4. The number of para-hydroxylation sites is 1. The molecular formula is C35H33N5O3S. The average Bonchev–Trinajstić information content (AvgIpc) is 3.73. The summed E-state index contributed by atoms with van der Waals surface area (Å²) >= 11 is 1.31. The van der Waals surface area contributed by atoms with Gasteiger partial charge in [-0.2, -0.15) is 14.6 Å². The quantitative estimate of drug-likeness (QED) is 0.166. The van der Waals surface area contributed by atoms with E-state index in [2.05, 4.69) is 23.9 Å². The highest BCUT2D eigenvalue weighted by atomic mass is 32.1. The van der Waals surface area contributed by atoms with Gasteiger partial charge in [-0.05, 0) is 85.5 Å². The van der Waals surface area contributed by atoms with Crippen LogP contribution in [-0.4, -0.2) is 37.6 Å². The van der Waals surface area contributed by atoms with Crippen LogP contribution in [0.15, 0.2) is 83.8 Å². The highest BCUT2D eigenvalue weighted by Gasteiger charge is 2.16. The van der Waals surface area contributed by atoms with E-state index >= 15 is 0 Å². The number of benzene rings is 3. The van der Waals surface area contributed by atoms with Crippen LogP contribution < -0.4 is 19.6 Å². The van der Waals surface area contributed by atoms with Gasteiger partial charge in [0.1, 0.15) is 17.2 Å². The van der Waals surface area contributed by atoms with Gasteiger partial charge in [0.15, 0.2) is 5.82 Å². The van der Waals surface area contributed by atoms with E-state index in [0.717, 1.165) is 58.0 Å². The Morgan fingerprint density at radius 2 is 1.59 bits per heavy atom. The molecule has 0 radical (unpaired) electrons. The zero-order valence-corrected chi connectivity index (χ0v) is 25.8. The Labute approximate surface area is 259 Å². The predicted molar refractivity (Wildman–Crippen MR) is 177 cm³/mol. The van der Waals surface area contributed by atoms with E-state index in [0.29, 0.717) is 28.5 Å². The molecule has 0 fully saturated rings. The number of thiazole rings is 1. The Bertz CT molecular complexity index is 2020. The van der Waals surface area contributed by atoms with E-state index in [1.807, 2.05) is 109 Å². The van der Waals surface area contributed by atoms with Gasteiger partial charge in [-0.25, -0.2) is 4.68 Å². The molecule has 0 aliphatic heterocycles. The maximum Gasteiger partial charge on any atom is 0.291 e. The van der Waals surface area contributed by atoms with Crippen LogP contribution in [0.5, 0.6) is 11.5 Å². The molecule has 44 heavy (non-hydrogen) atoms. The molecule has 0 aliphatic carbocycles. The van der Waals surface area contributed by atoms with Gasteiger partial charge in [0.2, 0.25) is 4.96 Å². The average molecular weight is 604 g/mol. The van der Waals surface area contributed by atoms with Crippen LogP contribution in [0.3, 0.4) is 0 Å². The minimum Gasteiger partial charge on any atom is -0.494 e. The molecular weight excluding hydrogens is 570 g/mol. The molecule has 0 aliphatic rings. The molecule has 0 spiro atoms. The first kappa shape index (κ1) is 29.1. The molecule has 0 atom stereocenters. The summed E-state index contributed by atoms with van der Waals surface area (Å²) in [6.45, 7) is 7.57. The Morgan fingerprint density at radius 3 is 2.30 bits per heavy atom. The molecule has 8 nitrogen and oxygen atoms in total. The Kier molecular flexibility index (Phi) is 8.65. The van der Waals surface area contributed by atoms with Crippen LogP contribution >= 0.6 is 11.3 Å². The largest absolute Gasteiger partial charge is 0.494 e. The molecule has 0 saturated heterocycles. The second-order valence-corrected chi connectivity index (χ2v) is 11.4. The van der Waals surface area contributed by atoms with E-state index in [9.17, 15) is 4.79 Å². The summed E-state index contributed by atoms with van der Waals surface area (Å²) in [5.41, 5.74) is 5.32. The van der Waals surface area contributed by atoms with Gasteiger partial charge in [-0.15, -0.1) is 5.10 Å². The Morgan fingerprint density at radius 1 is 0.864 bits per heavy atom. The normalized spacial score (nSPS) is 12.0. The molecule has 0 unspecified atom stereocenters. The molecule has 3 aromatic carbocycles. The highest BCUT2D eigenvalue weighted by molar-refractivity contribution is 7.15. The van der Waals surface area contributed by atoms with Gasteiger partial charge in [-0.3, -0.25) is 4.79 Å². The molecule has 0 N–H and O–H groups in total. The molecule has 3 aromatic heterocycles. The standard InChI is InChI=1S/C35H33N5O3S/c1-4-19-42-28-14-11-25(12-15-28)13-18-32-36-35-40(37-32)34(41)31(44-35)22-26-23-39(27-9-7-6-8-10-27)38-33(26)30-17-16-29(21-24(30)3)43-20-5-2/h6-18,21-23H,4-5,19-20H2,1-3H3/b18-13+,31-22-. The van der Waals surface area contributed by atoms with Crippen LogP contribution in [0.2, 0.25) is 0 Å². The number of ether oxygens (including phenoxy) is 2. The van der Waals surface area contributed by atoms with Crippen LogP contribution in [-0.2, 0) is 0 Å². The number of fused-ring (bicyclic) bond motifs is 1. The third kappa shape index (κ3) is 6.33. The topological polar surface area (TPSA) is 83.5 Å². The van der Waals surface area contributed by atoms with E-state index in [4.69, 9.17) is 14.6 Å². The summed E-state index contributed by atoms with van der Waals surface area (Å²) in [5, 5.41) is 9.42. The van der Waals surface area contributed by atoms with E-state index in [1.165, 1.54) is 15.9 Å². The summed E-state index contributed by atoms with van der Waals surface area (Å²) in [6.07, 6.45) is 9.47. The lowest BCUT2D eigenvalue weighted by Crippen LogP contribution is -2.23. The first-order valence-electron chi connectivity index (χ1n) is 14.7. The predicted octanol–water partition coefficient (Wildman–Crippen LogP) is 6.61. The van der Waals surface area contributed by atoms with Crippen molar-refractivity contribution in [3.63, 3.8) is 0 Å². The SMILES string of the molecule is CCCOc1ccc(/C=C/c2nc3s/c(=C\c4cn(-c5ccccc5)nc4-c4ccc(OCCC)cc4C)c(=O)n3n2)cc1. The van der Waals surface area contributed by atoms with Gasteiger partial charge in [-0.1, -0.05) is 61.6 Å². The number of rotatable bonds is 11. The summed E-state index contributed by atoms with van der Waals surface area (Å²) in [7, 11) is 0. The Hall–Kier alpha value is -5.02. The molecule has 0 saturated carbocycles. The molecule has 0 amide bonds. The van der Waals surface area contributed by atoms with Crippen molar-refractivity contribution in [1.82, 2.24) is 24.4 Å². The van der Waals surface area contributed by atoms with E-state index < -0.39 is 0 Å². The summed E-state index contributed by atoms with van der Waals surface area (Å²) in [5.74, 6) is 2.15. The van der Waals surface area contributed by atoms with Crippen molar-refractivity contribution in [3.8, 4) is 28.4 Å². The summed E-state index contributed by atoms with van der Waals surface area (Å²) in [6, 6.07) is 23.8. The maximum absolute atomic E-state index is 13.4. The fourth-order valence-corrected chi connectivity index (χ4v) is 5.66. The van der Waals surface area contributed by atoms with Crippen molar-refractivity contribution < 1.29 is 9.47 Å². The van der Waals surface area contributed by atoms with Crippen molar-refractivity contribution in [2.45, 2.75) is 33.6 Å². The van der Waals surface area contributed by atoms with E-state index in [-0.39, 0.29) is 5.56 Å². The fraction of sp³-hybridized carbons (Fsp3) is 0.200. The smallest absolute Gasteiger partial charge is 0.291 e. The van der Waals surface area contributed by atoms with Crippen molar-refractivity contribution in [2.24, 2.45) is 0 Å². The van der Waals surface area contributed by atoms with Gasteiger partial charge >= 0.3 is 0 Å². The fourth-order valence-electron chi connectivity index (χ4n) is 4.75. The lowest BCUT2D eigenvalue weighted by atomic mass is 10.0. The zero-order valence-electron chi connectivity index (χ0n) is 24.9. The Balaban J connectivity index is 1.33.